The summed E-state index contributed by atoms with van der Waals surface area (Å²) in [6.07, 6.45) is -4.45. The molecule has 1 unspecified atom stereocenters. The highest BCUT2D eigenvalue weighted by atomic mass is 35.5. The maximum Gasteiger partial charge on any atom is 0.490 e. The van der Waals surface area contributed by atoms with E-state index < -0.39 is 23.7 Å². The fourth-order valence-corrected chi connectivity index (χ4v) is 2.41. The van der Waals surface area contributed by atoms with Crippen LogP contribution in [-0.2, 0) is 16.0 Å². The summed E-state index contributed by atoms with van der Waals surface area (Å²) in [5.74, 6) is -2.06. The topological polar surface area (TPSA) is 104 Å². The molecule has 1 atom stereocenters. The second-order valence-corrected chi connectivity index (χ2v) is 6.42. The maximum atomic E-state index is 12.7. The number of halogens is 5. The molecule has 7 nitrogen and oxygen atoms in total. The minimum atomic E-state index is -5.08. The van der Waals surface area contributed by atoms with E-state index in [0.717, 1.165) is 28.2 Å². The molecule has 0 aliphatic rings. The molecule has 1 amide bonds. The molecule has 0 fully saturated rings. The summed E-state index contributed by atoms with van der Waals surface area (Å²) in [5, 5.41) is 9.52. The number of benzene rings is 2. The number of nitrogens with zero attached hydrogens (tertiary/aromatic N) is 1. The molecule has 0 spiro atoms. The number of aliphatic carboxylic acids is 1. The van der Waals surface area contributed by atoms with Gasteiger partial charge in [0, 0.05) is 12.1 Å². The first-order valence-corrected chi connectivity index (χ1v) is 8.94. The first-order chi connectivity index (χ1) is 14.5. The van der Waals surface area contributed by atoms with E-state index in [-0.39, 0.29) is 0 Å². The summed E-state index contributed by atoms with van der Waals surface area (Å²) < 4.78 is 49.6. The molecule has 0 aliphatic heterocycles. The SMILES string of the molecule is COc1ccc(Cc2nc3ccc(NC(=O)C(F)Cl)cc3[nH]2)cc1.O=C(O)C(F)(F)F. The molecule has 3 N–H and O–H groups in total. The number of aromatic nitrogens is 2. The number of hydrogen-bond acceptors (Lipinski definition) is 4. The molecule has 166 valence electrons. The molecule has 0 radical (unpaired) electrons. The lowest BCUT2D eigenvalue weighted by Gasteiger charge is -2.04. The van der Waals surface area contributed by atoms with Gasteiger partial charge in [-0.15, -0.1) is 0 Å². The predicted octanol–water partition coefficient (Wildman–Crippen LogP) is 4.27. The monoisotopic (exact) mass is 461 g/mol. The minimum absolute atomic E-state index is 0.454. The lowest BCUT2D eigenvalue weighted by atomic mass is 10.1. The molecule has 0 bridgehead atoms. The second kappa shape index (κ2) is 10.1. The van der Waals surface area contributed by atoms with Crippen molar-refractivity contribution in [3.05, 3.63) is 53.9 Å². The Morgan fingerprint density at radius 1 is 1.23 bits per heavy atom. The van der Waals surface area contributed by atoms with E-state index in [1.54, 1.807) is 25.3 Å². The predicted molar refractivity (Wildman–Crippen MR) is 105 cm³/mol. The van der Waals surface area contributed by atoms with Gasteiger partial charge in [0.2, 0.25) is 0 Å². The summed E-state index contributed by atoms with van der Waals surface area (Å²) in [6, 6.07) is 12.8. The number of ether oxygens (including phenoxy) is 1. The quantitative estimate of drug-likeness (QED) is 0.389. The van der Waals surface area contributed by atoms with E-state index in [1.807, 2.05) is 24.3 Å². The van der Waals surface area contributed by atoms with Crippen LogP contribution >= 0.6 is 11.6 Å². The molecule has 0 saturated carbocycles. The Morgan fingerprint density at radius 2 is 1.84 bits per heavy atom. The Balaban J connectivity index is 0.000000423. The Kier molecular flexibility index (Phi) is 7.81. The summed E-state index contributed by atoms with van der Waals surface area (Å²) in [5.41, 5.74) is 0.981. The number of methoxy groups -OCH3 is 1. The number of carboxylic acids is 1. The third-order valence-corrected chi connectivity index (χ3v) is 3.97. The highest BCUT2D eigenvalue weighted by Crippen LogP contribution is 2.20. The number of fused-ring (bicyclic) bond motifs is 1. The average molecular weight is 462 g/mol. The van der Waals surface area contributed by atoms with Gasteiger partial charge in [0.25, 0.3) is 11.5 Å². The van der Waals surface area contributed by atoms with Gasteiger partial charge in [-0.05, 0) is 35.9 Å². The van der Waals surface area contributed by atoms with Gasteiger partial charge in [-0.2, -0.15) is 13.2 Å². The maximum absolute atomic E-state index is 12.7. The van der Waals surface area contributed by atoms with Gasteiger partial charge < -0.3 is 20.1 Å². The number of rotatable bonds is 5. The van der Waals surface area contributed by atoms with Crippen molar-refractivity contribution in [2.45, 2.75) is 18.2 Å². The first-order valence-electron chi connectivity index (χ1n) is 8.50. The van der Waals surface area contributed by atoms with Gasteiger partial charge in [0.05, 0.1) is 18.1 Å². The molecule has 0 saturated heterocycles. The van der Waals surface area contributed by atoms with Crippen molar-refractivity contribution >= 4 is 40.2 Å². The van der Waals surface area contributed by atoms with E-state index in [1.165, 1.54) is 0 Å². The van der Waals surface area contributed by atoms with Crippen LogP contribution in [0.1, 0.15) is 11.4 Å². The minimum Gasteiger partial charge on any atom is -0.497 e. The Bertz CT molecular complexity index is 1050. The van der Waals surface area contributed by atoms with Crippen LogP contribution in [0.4, 0.5) is 23.2 Å². The first kappa shape index (κ1) is 23.9. The van der Waals surface area contributed by atoms with Crippen LogP contribution in [0.15, 0.2) is 42.5 Å². The number of amides is 1. The second-order valence-electron chi connectivity index (χ2n) is 6.03. The van der Waals surface area contributed by atoms with Crippen molar-refractivity contribution in [3.8, 4) is 5.75 Å². The third kappa shape index (κ3) is 7.14. The van der Waals surface area contributed by atoms with Gasteiger partial charge in [-0.3, -0.25) is 4.79 Å². The van der Waals surface area contributed by atoms with Gasteiger partial charge in [0.15, 0.2) is 0 Å². The van der Waals surface area contributed by atoms with Gasteiger partial charge in [-0.25, -0.2) is 14.2 Å². The number of imidazole rings is 1. The smallest absolute Gasteiger partial charge is 0.490 e. The van der Waals surface area contributed by atoms with Crippen molar-refractivity contribution in [3.63, 3.8) is 0 Å². The fourth-order valence-electron chi connectivity index (χ4n) is 2.36. The van der Waals surface area contributed by atoms with Crippen molar-refractivity contribution in [2.24, 2.45) is 0 Å². The molecular weight excluding hydrogens is 446 g/mol. The number of hydrogen-bond donors (Lipinski definition) is 3. The summed E-state index contributed by atoms with van der Waals surface area (Å²) in [7, 11) is 1.62. The molecule has 0 aliphatic carbocycles. The number of anilines is 1. The van der Waals surface area contributed by atoms with Crippen molar-refractivity contribution in [2.75, 3.05) is 12.4 Å². The van der Waals surface area contributed by atoms with Crippen LogP contribution in [0.3, 0.4) is 0 Å². The standard InChI is InChI=1S/C17H15ClFN3O2.C2HF3O2/c1-24-12-5-2-10(3-6-12)8-15-21-13-7-4-11(9-14(13)22-15)20-17(23)16(18)19;3-2(4,5)1(6)7/h2-7,9,16H,8H2,1H3,(H,20,23)(H,21,22);(H,6,7). The number of alkyl halides is 5. The Hall–Kier alpha value is -3.34. The van der Waals surface area contributed by atoms with Crippen molar-refractivity contribution in [1.82, 2.24) is 9.97 Å². The molecule has 31 heavy (non-hydrogen) atoms. The normalized spacial score (nSPS) is 11.9. The number of carbonyl (C=O) groups is 2. The van der Waals surface area contributed by atoms with Crippen molar-refractivity contribution < 1.29 is 37.0 Å². The lowest BCUT2D eigenvalue weighted by molar-refractivity contribution is -0.192. The van der Waals surface area contributed by atoms with Crippen LogP contribution in [0.25, 0.3) is 11.0 Å². The Labute approximate surface area is 178 Å². The third-order valence-electron chi connectivity index (χ3n) is 3.77. The molecule has 1 aromatic heterocycles. The number of carboxylic acid groups (broad SMARTS) is 1. The van der Waals surface area contributed by atoms with Gasteiger partial charge in [-0.1, -0.05) is 23.7 Å². The number of H-pyrrole nitrogens is 1. The summed E-state index contributed by atoms with van der Waals surface area (Å²) in [4.78, 5) is 27.9. The summed E-state index contributed by atoms with van der Waals surface area (Å²) in [6.45, 7) is 0. The number of carbonyl (C=O) groups excluding carboxylic acids is 1. The van der Waals surface area contributed by atoms with Crippen LogP contribution in [-0.4, -0.2) is 45.9 Å². The van der Waals surface area contributed by atoms with Crippen LogP contribution in [0.2, 0.25) is 0 Å². The molecule has 2 aromatic carbocycles. The molecule has 12 heteroatoms. The highest BCUT2D eigenvalue weighted by Gasteiger charge is 2.38. The molecule has 1 heterocycles. The fraction of sp³-hybridized carbons (Fsp3) is 0.211. The lowest BCUT2D eigenvalue weighted by Crippen LogP contribution is -2.21. The van der Waals surface area contributed by atoms with E-state index in [9.17, 15) is 22.4 Å². The van der Waals surface area contributed by atoms with Crippen LogP contribution in [0.5, 0.6) is 5.75 Å². The molecule has 3 aromatic rings. The zero-order valence-corrected chi connectivity index (χ0v) is 16.6. The van der Waals surface area contributed by atoms with Gasteiger partial charge >= 0.3 is 12.1 Å². The van der Waals surface area contributed by atoms with Crippen LogP contribution in [0, 0.1) is 0 Å². The van der Waals surface area contributed by atoms with E-state index >= 15 is 0 Å². The summed E-state index contributed by atoms with van der Waals surface area (Å²) >= 11 is 5.10. The largest absolute Gasteiger partial charge is 0.497 e. The van der Waals surface area contributed by atoms with Crippen LogP contribution < -0.4 is 10.1 Å². The highest BCUT2D eigenvalue weighted by molar-refractivity contribution is 6.31. The van der Waals surface area contributed by atoms with E-state index in [2.05, 4.69) is 15.3 Å². The molecular formula is C19H16ClF4N3O4. The number of aromatic amines is 1. The van der Waals surface area contributed by atoms with Gasteiger partial charge in [0.1, 0.15) is 11.6 Å². The number of nitrogens with one attached hydrogen (secondary N) is 2. The Morgan fingerprint density at radius 3 is 2.35 bits per heavy atom. The zero-order valence-electron chi connectivity index (χ0n) is 15.8. The average Bonchev–Trinajstić information content (AvgIpc) is 3.09. The zero-order chi connectivity index (χ0) is 23.2. The molecule has 3 rings (SSSR count). The van der Waals surface area contributed by atoms with Crippen molar-refractivity contribution in [1.29, 1.82) is 0 Å². The van der Waals surface area contributed by atoms with E-state index in [4.69, 9.17) is 26.2 Å². The van der Waals surface area contributed by atoms with E-state index in [0.29, 0.717) is 12.1 Å².